The Morgan fingerprint density at radius 1 is 1.13 bits per heavy atom. The Bertz CT molecular complexity index is 1090. The molecule has 0 bridgehead atoms. The Morgan fingerprint density at radius 2 is 1.90 bits per heavy atom. The third-order valence-electron chi connectivity index (χ3n) is 6.46. The number of hydrogen-bond acceptors (Lipinski definition) is 3. The maximum atomic E-state index is 5.84. The lowest BCUT2D eigenvalue weighted by atomic mass is 9.96. The number of thiocarbonyl (C=S) groups is 1. The van der Waals surface area contributed by atoms with E-state index in [-0.39, 0.29) is 12.1 Å². The summed E-state index contributed by atoms with van der Waals surface area (Å²) in [6, 6.07) is 17.4. The molecule has 2 unspecified atom stereocenters. The van der Waals surface area contributed by atoms with Gasteiger partial charge in [0.1, 0.15) is 5.75 Å². The first-order valence-electron chi connectivity index (χ1n) is 10.9. The first-order chi connectivity index (χ1) is 15.1. The van der Waals surface area contributed by atoms with Crippen molar-refractivity contribution in [2.75, 3.05) is 7.11 Å². The molecule has 1 saturated carbocycles. The molecule has 1 saturated heterocycles. The number of rotatable bonds is 6. The highest BCUT2D eigenvalue weighted by Gasteiger charge is 2.42. The molecule has 2 atom stereocenters. The highest BCUT2D eigenvalue weighted by molar-refractivity contribution is 7.80. The molecule has 0 spiro atoms. The molecule has 1 aliphatic heterocycles. The highest BCUT2D eigenvalue weighted by atomic mass is 32.1. The Balaban J connectivity index is 1.55. The van der Waals surface area contributed by atoms with E-state index < -0.39 is 0 Å². The summed E-state index contributed by atoms with van der Waals surface area (Å²) in [5.41, 5.74) is 6.23. The molecule has 5 nitrogen and oxygen atoms in total. The SMILES string of the molecule is COc1ccc(CN2C(=S)NC(c3ccccn3)C2c2cc(C)n(C3CC3)c2C)cc1. The molecular formula is C25H28N4OS. The van der Waals surface area contributed by atoms with Gasteiger partial charge in [-0.15, -0.1) is 0 Å². The molecular weight excluding hydrogens is 404 g/mol. The number of nitrogens with zero attached hydrogens (tertiary/aromatic N) is 3. The number of aryl methyl sites for hydroxylation is 1. The minimum absolute atomic E-state index is 0.0140. The zero-order valence-electron chi connectivity index (χ0n) is 18.2. The van der Waals surface area contributed by atoms with Crippen molar-refractivity contribution in [3.05, 3.63) is 82.9 Å². The number of hydrogen-bond donors (Lipinski definition) is 1. The van der Waals surface area contributed by atoms with Crippen LogP contribution in [0.25, 0.3) is 0 Å². The molecule has 2 aromatic heterocycles. The van der Waals surface area contributed by atoms with Crippen LogP contribution in [0, 0.1) is 13.8 Å². The van der Waals surface area contributed by atoms with Crippen LogP contribution in [0.1, 0.15) is 59.2 Å². The van der Waals surface area contributed by atoms with E-state index in [1.807, 2.05) is 30.5 Å². The molecule has 0 amide bonds. The molecule has 3 heterocycles. The lowest BCUT2D eigenvalue weighted by Crippen LogP contribution is -2.29. The summed E-state index contributed by atoms with van der Waals surface area (Å²) in [7, 11) is 1.69. The van der Waals surface area contributed by atoms with Crippen molar-refractivity contribution in [1.82, 2.24) is 19.8 Å². The molecule has 0 radical (unpaired) electrons. The lowest BCUT2D eigenvalue weighted by molar-refractivity contribution is 0.309. The average molecular weight is 433 g/mol. The monoisotopic (exact) mass is 432 g/mol. The Morgan fingerprint density at radius 3 is 2.55 bits per heavy atom. The minimum atomic E-state index is 0.0140. The second-order valence-corrected chi connectivity index (χ2v) is 8.92. The average Bonchev–Trinajstić information content (AvgIpc) is 3.51. The van der Waals surface area contributed by atoms with Crippen molar-refractivity contribution in [3.63, 3.8) is 0 Å². The summed E-state index contributed by atoms with van der Waals surface area (Å²) >= 11 is 5.84. The van der Waals surface area contributed by atoms with E-state index >= 15 is 0 Å². The van der Waals surface area contributed by atoms with Gasteiger partial charge in [0.25, 0.3) is 0 Å². The third kappa shape index (κ3) is 3.69. The molecule has 160 valence electrons. The Hall–Kier alpha value is -2.86. The predicted molar refractivity (Wildman–Crippen MR) is 126 cm³/mol. The van der Waals surface area contributed by atoms with E-state index in [4.69, 9.17) is 17.0 Å². The molecule has 5 rings (SSSR count). The van der Waals surface area contributed by atoms with E-state index in [0.717, 1.165) is 23.1 Å². The Kier molecular flexibility index (Phi) is 5.18. The van der Waals surface area contributed by atoms with E-state index in [1.54, 1.807) is 7.11 Å². The van der Waals surface area contributed by atoms with Gasteiger partial charge >= 0.3 is 0 Å². The molecule has 2 fully saturated rings. The first kappa shape index (κ1) is 20.1. The fraction of sp³-hybridized carbons (Fsp3) is 0.360. The molecule has 31 heavy (non-hydrogen) atoms. The zero-order valence-corrected chi connectivity index (χ0v) is 19.0. The summed E-state index contributed by atoms with van der Waals surface area (Å²) in [4.78, 5) is 6.98. The molecule has 2 aliphatic rings. The molecule has 1 N–H and O–H groups in total. The van der Waals surface area contributed by atoms with Crippen molar-refractivity contribution in [3.8, 4) is 5.75 Å². The van der Waals surface area contributed by atoms with Gasteiger partial charge in [0.15, 0.2) is 5.11 Å². The second-order valence-electron chi connectivity index (χ2n) is 8.53. The molecule has 1 aromatic carbocycles. The van der Waals surface area contributed by atoms with Crippen molar-refractivity contribution in [2.24, 2.45) is 0 Å². The first-order valence-corrected chi connectivity index (χ1v) is 11.3. The fourth-order valence-electron chi connectivity index (χ4n) is 4.84. The van der Waals surface area contributed by atoms with Gasteiger partial charge in [-0.2, -0.15) is 0 Å². The van der Waals surface area contributed by atoms with Crippen LogP contribution in [0.3, 0.4) is 0 Å². The van der Waals surface area contributed by atoms with Crippen molar-refractivity contribution < 1.29 is 4.74 Å². The summed E-state index contributed by atoms with van der Waals surface area (Å²) < 4.78 is 7.83. The van der Waals surface area contributed by atoms with Gasteiger partial charge in [0.2, 0.25) is 0 Å². The van der Waals surface area contributed by atoms with Gasteiger partial charge < -0.3 is 19.5 Å². The van der Waals surface area contributed by atoms with E-state index in [9.17, 15) is 0 Å². The van der Waals surface area contributed by atoms with Crippen LogP contribution < -0.4 is 10.1 Å². The van der Waals surface area contributed by atoms with Crippen LogP contribution >= 0.6 is 12.2 Å². The lowest BCUT2D eigenvalue weighted by Gasteiger charge is -2.28. The summed E-state index contributed by atoms with van der Waals surface area (Å²) in [6.07, 6.45) is 4.41. The van der Waals surface area contributed by atoms with Crippen LogP contribution in [0.4, 0.5) is 0 Å². The quantitative estimate of drug-likeness (QED) is 0.554. The molecule has 1 aliphatic carbocycles. The Labute approximate surface area is 189 Å². The van der Waals surface area contributed by atoms with Gasteiger partial charge in [-0.25, -0.2) is 0 Å². The number of methoxy groups -OCH3 is 1. The standard InChI is InChI=1S/C25H28N4OS/c1-16-14-21(17(2)29(16)19-9-10-19)24-23(22-6-4-5-13-26-22)27-25(31)28(24)15-18-7-11-20(30-3)12-8-18/h4-8,11-14,19,23-24H,9-10,15H2,1-3H3,(H,27,31). The summed E-state index contributed by atoms with van der Waals surface area (Å²) in [6.45, 7) is 5.21. The van der Waals surface area contributed by atoms with Crippen LogP contribution in [0.15, 0.2) is 54.7 Å². The minimum Gasteiger partial charge on any atom is -0.497 e. The van der Waals surface area contributed by atoms with Crippen LogP contribution in [0.5, 0.6) is 5.75 Å². The van der Waals surface area contributed by atoms with E-state index in [0.29, 0.717) is 6.04 Å². The van der Waals surface area contributed by atoms with Crippen LogP contribution in [-0.2, 0) is 6.54 Å². The summed E-state index contributed by atoms with van der Waals surface area (Å²) in [5.74, 6) is 0.863. The topological polar surface area (TPSA) is 42.3 Å². The number of nitrogens with one attached hydrogen (secondary N) is 1. The molecule has 6 heteroatoms. The number of aromatic nitrogens is 2. The van der Waals surface area contributed by atoms with Crippen molar-refractivity contribution in [1.29, 1.82) is 0 Å². The van der Waals surface area contributed by atoms with E-state index in [2.05, 4.69) is 57.9 Å². The van der Waals surface area contributed by atoms with Crippen molar-refractivity contribution in [2.45, 2.75) is 51.4 Å². The van der Waals surface area contributed by atoms with E-state index in [1.165, 1.54) is 35.4 Å². The maximum absolute atomic E-state index is 5.84. The predicted octanol–water partition coefficient (Wildman–Crippen LogP) is 5.02. The number of pyridine rings is 1. The highest BCUT2D eigenvalue weighted by Crippen LogP contribution is 2.45. The van der Waals surface area contributed by atoms with Crippen molar-refractivity contribution >= 4 is 17.3 Å². The smallest absolute Gasteiger partial charge is 0.170 e. The van der Waals surface area contributed by atoms with Gasteiger partial charge in [-0.1, -0.05) is 18.2 Å². The zero-order chi connectivity index (χ0) is 21.5. The fourth-order valence-corrected chi connectivity index (χ4v) is 5.14. The normalized spacial score (nSPS) is 20.7. The number of ether oxygens (including phenoxy) is 1. The molecule has 3 aromatic rings. The van der Waals surface area contributed by atoms with Gasteiger partial charge in [-0.3, -0.25) is 4.98 Å². The summed E-state index contributed by atoms with van der Waals surface area (Å²) in [5, 5.41) is 4.34. The van der Waals surface area contributed by atoms with Gasteiger partial charge in [-0.05, 0) is 80.4 Å². The number of benzene rings is 1. The largest absolute Gasteiger partial charge is 0.497 e. The maximum Gasteiger partial charge on any atom is 0.170 e. The van der Waals surface area contributed by atoms with Gasteiger partial charge in [0, 0.05) is 30.2 Å². The van der Waals surface area contributed by atoms with Crippen LogP contribution in [0.2, 0.25) is 0 Å². The van der Waals surface area contributed by atoms with Crippen LogP contribution in [-0.4, -0.2) is 26.7 Å². The van der Waals surface area contributed by atoms with Gasteiger partial charge in [0.05, 0.1) is 24.9 Å². The second kappa shape index (κ2) is 8.00. The third-order valence-corrected chi connectivity index (χ3v) is 6.82.